The molecular weight excluding hydrogens is 172 g/mol. The van der Waals surface area contributed by atoms with E-state index in [0.29, 0.717) is 11.3 Å². The van der Waals surface area contributed by atoms with Crippen LogP contribution in [0.25, 0.3) is 0 Å². The van der Waals surface area contributed by atoms with E-state index in [1.54, 1.807) is 13.0 Å². The molecule has 1 aliphatic heterocycles. The predicted octanol–water partition coefficient (Wildman–Crippen LogP) is 1.46. The maximum atomic E-state index is 8.82. The number of furan rings is 1. The summed E-state index contributed by atoms with van der Waals surface area (Å²) >= 11 is 0. The molecule has 0 radical (unpaired) electrons. The highest BCUT2D eigenvalue weighted by Gasteiger charge is 2.35. The number of hydrogen-bond donors (Lipinski definition) is 1. The third kappa shape index (κ3) is 1.29. The van der Waals surface area contributed by atoms with Crippen LogP contribution in [0.3, 0.4) is 0 Å². The summed E-state index contributed by atoms with van der Waals surface area (Å²) in [6.07, 6.45) is 4.40. The molecule has 0 amide bonds. The fourth-order valence-corrected chi connectivity index (χ4v) is 1.16. The van der Waals surface area contributed by atoms with E-state index in [1.165, 1.54) is 18.8 Å². The SMILES string of the molecule is CC1(c2cc(CO)co2)OC=CO1. The first kappa shape index (κ1) is 8.19. The second kappa shape index (κ2) is 2.81. The molecule has 1 aromatic heterocycles. The van der Waals surface area contributed by atoms with Crippen molar-refractivity contribution in [2.75, 3.05) is 0 Å². The van der Waals surface area contributed by atoms with Crippen LogP contribution in [0.1, 0.15) is 18.2 Å². The van der Waals surface area contributed by atoms with Crippen molar-refractivity contribution in [1.82, 2.24) is 0 Å². The largest absolute Gasteiger partial charge is 0.461 e. The quantitative estimate of drug-likeness (QED) is 0.752. The second-order valence-electron chi connectivity index (χ2n) is 2.93. The highest BCUT2D eigenvalue weighted by molar-refractivity contribution is 5.16. The van der Waals surface area contributed by atoms with Gasteiger partial charge in [0.2, 0.25) is 0 Å². The monoisotopic (exact) mass is 182 g/mol. The van der Waals surface area contributed by atoms with Crippen molar-refractivity contribution in [3.8, 4) is 0 Å². The summed E-state index contributed by atoms with van der Waals surface area (Å²) in [6.45, 7) is 1.69. The average molecular weight is 182 g/mol. The van der Waals surface area contributed by atoms with Crippen molar-refractivity contribution in [3.63, 3.8) is 0 Å². The van der Waals surface area contributed by atoms with Gasteiger partial charge in [-0.15, -0.1) is 0 Å². The normalized spacial score (nSPS) is 18.3. The summed E-state index contributed by atoms with van der Waals surface area (Å²) in [5.74, 6) is -0.338. The van der Waals surface area contributed by atoms with E-state index < -0.39 is 5.79 Å². The Labute approximate surface area is 75.4 Å². The second-order valence-corrected chi connectivity index (χ2v) is 2.93. The zero-order valence-corrected chi connectivity index (χ0v) is 7.19. The molecule has 0 spiro atoms. The van der Waals surface area contributed by atoms with Crippen LogP contribution in [-0.4, -0.2) is 5.11 Å². The van der Waals surface area contributed by atoms with Crippen molar-refractivity contribution in [1.29, 1.82) is 0 Å². The van der Waals surface area contributed by atoms with Crippen LogP contribution in [-0.2, 0) is 21.9 Å². The highest BCUT2D eigenvalue weighted by Crippen LogP contribution is 2.32. The van der Waals surface area contributed by atoms with Crippen molar-refractivity contribution in [3.05, 3.63) is 36.2 Å². The van der Waals surface area contributed by atoms with Gasteiger partial charge in [0, 0.05) is 12.5 Å². The molecule has 1 aliphatic rings. The Morgan fingerprint density at radius 3 is 2.62 bits per heavy atom. The lowest BCUT2D eigenvalue weighted by Crippen LogP contribution is -2.21. The van der Waals surface area contributed by atoms with E-state index in [9.17, 15) is 0 Å². The molecule has 13 heavy (non-hydrogen) atoms. The van der Waals surface area contributed by atoms with Crippen molar-refractivity contribution in [2.24, 2.45) is 0 Å². The first-order chi connectivity index (χ1) is 6.24. The van der Waals surface area contributed by atoms with Crippen molar-refractivity contribution in [2.45, 2.75) is 19.3 Å². The summed E-state index contributed by atoms with van der Waals surface area (Å²) in [7, 11) is 0. The van der Waals surface area contributed by atoms with Gasteiger partial charge in [-0.1, -0.05) is 0 Å². The van der Waals surface area contributed by atoms with Gasteiger partial charge in [0.15, 0.2) is 5.76 Å². The molecule has 4 nitrogen and oxygen atoms in total. The molecule has 0 aliphatic carbocycles. The number of aliphatic hydroxyl groups excluding tert-OH is 1. The lowest BCUT2D eigenvalue weighted by atomic mass is 10.2. The molecule has 0 fully saturated rings. The summed E-state index contributed by atoms with van der Waals surface area (Å²) in [5, 5.41) is 8.82. The van der Waals surface area contributed by atoms with Crippen LogP contribution in [0.5, 0.6) is 0 Å². The molecule has 0 atom stereocenters. The number of aliphatic hydroxyl groups is 1. The Morgan fingerprint density at radius 1 is 1.38 bits per heavy atom. The Hall–Kier alpha value is -1.42. The van der Waals surface area contributed by atoms with Gasteiger partial charge in [0.05, 0.1) is 12.9 Å². The fourth-order valence-electron chi connectivity index (χ4n) is 1.16. The molecule has 2 rings (SSSR count). The summed E-state index contributed by atoms with van der Waals surface area (Å²) in [6, 6.07) is 1.70. The molecule has 1 aromatic rings. The first-order valence-corrected chi connectivity index (χ1v) is 3.94. The minimum atomic E-state index is -0.882. The van der Waals surface area contributed by atoms with Crippen LogP contribution in [0.4, 0.5) is 0 Å². The fraction of sp³-hybridized carbons (Fsp3) is 0.333. The van der Waals surface area contributed by atoms with E-state index in [-0.39, 0.29) is 6.61 Å². The van der Waals surface area contributed by atoms with Gasteiger partial charge < -0.3 is 19.0 Å². The number of hydrogen-bond acceptors (Lipinski definition) is 4. The molecule has 0 saturated carbocycles. The van der Waals surface area contributed by atoms with Crippen LogP contribution in [0, 0.1) is 0 Å². The summed E-state index contributed by atoms with van der Waals surface area (Å²) in [4.78, 5) is 0. The number of ether oxygens (including phenoxy) is 2. The van der Waals surface area contributed by atoms with E-state index in [1.807, 2.05) is 0 Å². The molecule has 0 unspecified atom stereocenters. The van der Waals surface area contributed by atoms with Gasteiger partial charge in [-0.05, 0) is 6.07 Å². The van der Waals surface area contributed by atoms with Gasteiger partial charge in [-0.25, -0.2) is 0 Å². The third-order valence-corrected chi connectivity index (χ3v) is 1.93. The van der Waals surface area contributed by atoms with Gasteiger partial charge >= 0.3 is 5.79 Å². The molecule has 70 valence electrons. The minimum Gasteiger partial charge on any atom is -0.461 e. The Kier molecular flexibility index (Phi) is 1.77. The maximum absolute atomic E-state index is 8.82. The molecule has 0 aromatic carbocycles. The molecule has 2 heterocycles. The zero-order valence-electron chi connectivity index (χ0n) is 7.19. The third-order valence-electron chi connectivity index (χ3n) is 1.93. The topological polar surface area (TPSA) is 51.8 Å². The van der Waals surface area contributed by atoms with E-state index in [2.05, 4.69) is 0 Å². The lowest BCUT2D eigenvalue weighted by molar-refractivity contribution is -0.147. The minimum absolute atomic E-state index is 0.0486. The molecule has 4 heteroatoms. The maximum Gasteiger partial charge on any atom is 0.306 e. The predicted molar refractivity (Wildman–Crippen MR) is 43.3 cm³/mol. The van der Waals surface area contributed by atoms with E-state index in [4.69, 9.17) is 19.0 Å². The number of rotatable bonds is 2. The van der Waals surface area contributed by atoms with Crippen molar-refractivity contribution >= 4 is 0 Å². The highest BCUT2D eigenvalue weighted by atomic mass is 16.7. The van der Waals surface area contributed by atoms with E-state index >= 15 is 0 Å². The van der Waals surface area contributed by atoms with Crippen LogP contribution >= 0.6 is 0 Å². The van der Waals surface area contributed by atoms with Gasteiger partial charge in [-0.3, -0.25) is 0 Å². The van der Waals surface area contributed by atoms with Crippen LogP contribution in [0.15, 0.2) is 29.3 Å². The van der Waals surface area contributed by atoms with Crippen LogP contribution < -0.4 is 0 Å². The van der Waals surface area contributed by atoms with Crippen molar-refractivity contribution < 1.29 is 19.0 Å². The Balaban J connectivity index is 2.24. The molecule has 1 N–H and O–H groups in total. The first-order valence-electron chi connectivity index (χ1n) is 3.94. The smallest absolute Gasteiger partial charge is 0.306 e. The average Bonchev–Trinajstić information content (AvgIpc) is 2.72. The van der Waals surface area contributed by atoms with Gasteiger partial charge in [0.1, 0.15) is 12.5 Å². The Bertz CT molecular complexity index is 318. The molecule has 0 bridgehead atoms. The Morgan fingerprint density at radius 2 is 2.08 bits per heavy atom. The molecule has 0 saturated heterocycles. The standard InChI is InChI=1S/C9H10O4/c1-9(12-2-3-13-9)8-4-7(5-10)6-11-8/h2-4,6,10H,5H2,1H3. The van der Waals surface area contributed by atoms with E-state index in [0.717, 1.165) is 0 Å². The van der Waals surface area contributed by atoms with Crippen LogP contribution in [0.2, 0.25) is 0 Å². The summed E-state index contributed by atoms with van der Waals surface area (Å²) < 4.78 is 15.6. The van der Waals surface area contributed by atoms with Gasteiger partial charge in [-0.2, -0.15) is 0 Å². The lowest BCUT2D eigenvalue weighted by Gasteiger charge is -2.19. The zero-order chi connectivity index (χ0) is 9.31. The van der Waals surface area contributed by atoms with Gasteiger partial charge in [0.25, 0.3) is 0 Å². The molecular formula is C9H10O4. The summed E-state index contributed by atoms with van der Waals surface area (Å²) in [5.41, 5.74) is 0.704.